The second-order valence-electron chi connectivity index (χ2n) is 8.89. The molecule has 37 heavy (non-hydrogen) atoms. The van der Waals surface area contributed by atoms with E-state index in [1.807, 2.05) is 38.1 Å². The van der Waals surface area contributed by atoms with Crippen LogP contribution in [-0.2, 0) is 22.7 Å². The molecule has 0 atom stereocenters. The van der Waals surface area contributed by atoms with Crippen LogP contribution >= 0.6 is 0 Å². The second-order valence-corrected chi connectivity index (χ2v) is 10.8. The van der Waals surface area contributed by atoms with Crippen molar-refractivity contribution >= 4 is 21.2 Å². The minimum atomic E-state index is -3.76. The lowest BCUT2D eigenvalue weighted by Crippen LogP contribution is -2.05. The van der Waals surface area contributed by atoms with Gasteiger partial charge >= 0.3 is 0 Å². The fraction of sp³-hybridized carbons (Fsp3) is 0.200. The Morgan fingerprint density at radius 3 is 1.43 bits per heavy atom. The molecule has 0 aliphatic heterocycles. The molecule has 0 aromatic heterocycles. The van der Waals surface area contributed by atoms with E-state index in [4.69, 9.17) is 20.9 Å². The molecule has 6 nitrogen and oxygen atoms in total. The molecule has 0 saturated heterocycles. The highest BCUT2D eigenvalue weighted by Crippen LogP contribution is 2.34. The lowest BCUT2D eigenvalue weighted by molar-refractivity contribution is 0.475. The highest BCUT2D eigenvalue weighted by atomic mass is 32.2. The quantitative estimate of drug-likeness (QED) is 0.216. The number of aryl methyl sites for hydroxylation is 2. The summed E-state index contributed by atoms with van der Waals surface area (Å²) in [5.41, 5.74) is 14.6. The zero-order valence-electron chi connectivity index (χ0n) is 21.1. The lowest BCUT2D eigenvalue weighted by Gasteiger charge is -2.15. The van der Waals surface area contributed by atoms with Gasteiger partial charge in [0.1, 0.15) is 23.0 Å². The number of ether oxygens (including phenoxy) is 2. The number of sulfone groups is 1. The van der Waals surface area contributed by atoms with Gasteiger partial charge in [-0.05, 0) is 84.6 Å². The molecule has 0 fully saturated rings. The van der Waals surface area contributed by atoms with Crippen LogP contribution in [0.25, 0.3) is 0 Å². The maximum Gasteiger partial charge on any atom is 0.206 e. The average molecular weight is 517 g/mol. The van der Waals surface area contributed by atoms with Crippen LogP contribution < -0.4 is 20.9 Å². The molecular weight excluding hydrogens is 484 g/mol. The van der Waals surface area contributed by atoms with Gasteiger partial charge in [0.15, 0.2) is 0 Å². The van der Waals surface area contributed by atoms with E-state index in [0.717, 1.165) is 24.0 Å². The predicted molar refractivity (Wildman–Crippen MR) is 148 cm³/mol. The number of benzene rings is 4. The van der Waals surface area contributed by atoms with E-state index in [2.05, 4.69) is 0 Å². The van der Waals surface area contributed by atoms with E-state index in [9.17, 15) is 8.42 Å². The highest BCUT2D eigenvalue weighted by Gasteiger charge is 2.21. The molecule has 0 unspecified atom stereocenters. The first kappa shape index (κ1) is 26.1. The monoisotopic (exact) mass is 516 g/mol. The third-order valence-corrected chi connectivity index (χ3v) is 7.64. The molecule has 0 saturated carbocycles. The smallest absolute Gasteiger partial charge is 0.206 e. The van der Waals surface area contributed by atoms with Crippen molar-refractivity contribution in [2.24, 2.45) is 0 Å². The average Bonchev–Trinajstić information content (AvgIpc) is 2.86. The summed E-state index contributed by atoms with van der Waals surface area (Å²) in [4.78, 5) is 0.450. The van der Waals surface area contributed by atoms with Crippen molar-refractivity contribution in [3.63, 3.8) is 0 Å². The van der Waals surface area contributed by atoms with Gasteiger partial charge in [-0.2, -0.15) is 0 Å². The van der Waals surface area contributed by atoms with Gasteiger partial charge in [-0.1, -0.05) is 38.8 Å². The molecule has 0 heterocycles. The van der Waals surface area contributed by atoms with E-state index in [0.29, 0.717) is 47.2 Å². The van der Waals surface area contributed by atoms with Crippen molar-refractivity contribution in [3.05, 3.63) is 96.1 Å². The SMILES string of the molecule is CCCc1cc(S(=O)(=O)c2ccc(Oc3cccc(N)c3)c(CCC)c2)ccc1Oc1cccc(N)c1. The summed E-state index contributed by atoms with van der Waals surface area (Å²) >= 11 is 0. The van der Waals surface area contributed by atoms with Crippen LogP contribution in [0.4, 0.5) is 11.4 Å². The lowest BCUT2D eigenvalue weighted by atomic mass is 10.1. The number of hydrogen-bond acceptors (Lipinski definition) is 6. The third kappa shape index (κ3) is 6.24. The van der Waals surface area contributed by atoms with Gasteiger partial charge in [0.05, 0.1) is 9.79 Å². The van der Waals surface area contributed by atoms with Crippen molar-refractivity contribution in [2.75, 3.05) is 11.5 Å². The number of hydrogen-bond donors (Lipinski definition) is 2. The van der Waals surface area contributed by atoms with E-state index in [-0.39, 0.29) is 9.79 Å². The summed E-state index contributed by atoms with van der Waals surface area (Å²) in [6.45, 7) is 4.09. The predicted octanol–water partition coefficient (Wildman–Crippen LogP) is 7.17. The fourth-order valence-electron chi connectivity index (χ4n) is 4.12. The minimum absolute atomic E-state index is 0.225. The standard InChI is InChI=1S/C30H32N2O4S/c1-3-7-21-17-27(13-15-29(21)35-25-11-5-9-23(31)19-25)37(33,34)28-14-16-30(22(18-28)8-4-2)36-26-12-6-10-24(32)20-26/h5-6,9-20H,3-4,7-8,31-32H2,1-2H3. The molecule has 0 bridgehead atoms. The first-order chi connectivity index (χ1) is 17.8. The van der Waals surface area contributed by atoms with Crippen LogP contribution in [-0.4, -0.2) is 8.42 Å². The Morgan fingerprint density at radius 2 is 1.05 bits per heavy atom. The van der Waals surface area contributed by atoms with Crippen LogP contribution in [0.15, 0.2) is 94.7 Å². The van der Waals surface area contributed by atoms with Gasteiger partial charge in [0.25, 0.3) is 0 Å². The summed E-state index contributed by atoms with van der Waals surface area (Å²) < 4.78 is 39.4. The maximum absolute atomic E-state index is 13.7. The molecule has 192 valence electrons. The van der Waals surface area contributed by atoms with E-state index < -0.39 is 9.84 Å². The van der Waals surface area contributed by atoms with Crippen molar-refractivity contribution in [2.45, 2.75) is 49.3 Å². The highest BCUT2D eigenvalue weighted by molar-refractivity contribution is 7.91. The largest absolute Gasteiger partial charge is 0.457 e. The fourth-order valence-corrected chi connectivity index (χ4v) is 5.48. The van der Waals surface area contributed by atoms with Gasteiger partial charge in [0.2, 0.25) is 9.84 Å². The topological polar surface area (TPSA) is 105 Å². The molecule has 0 amide bonds. The Morgan fingerprint density at radius 1 is 0.622 bits per heavy atom. The van der Waals surface area contributed by atoms with Crippen LogP contribution in [0.1, 0.15) is 37.8 Å². The van der Waals surface area contributed by atoms with Crippen LogP contribution in [0.3, 0.4) is 0 Å². The van der Waals surface area contributed by atoms with Crippen molar-refractivity contribution in [3.8, 4) is 23.0 Å². The zero-order valence-corrected chi connectivity index (χ0v) is 21.9. The van der Waals surface area contributed by atoms with E-state index in [1.165, 1.54) is 0 Å². The van der Waals surface area contributed by atoms with Gasteiger partial charge in [0, 0.05) is 23.5 Å². The molecule has 4 aromatic rings. The summed E-state index contributed by atoms with van der Waals surface area (Å²) in [6, 6.07) is 24.3. The molecule has 0 radical (unpaired) electrons. The summed E-state index contributed by atoms with van der Waals surface area (Å²) in [6.07, 6.45) is 3.03. The molecule has 4 aromatic carbocycles. The summed E-state index contributed by atoms with van der Waals surface area (Å²) in [5, 5.41) is 0. The number of anilines is 2. The van der Waals surface area contributed by atoms with Crippen molar-refractivity contribution in [1.29, 1.82) is 0 Å². The molecular formula is C30H32N2O4S. The molecule has 0 spiro atoms. The van der Waals surface area contributed by atoms with E-state index >= 15 is 0 Å². The van der Waals surface area contributed by atoms with E-state index in [1.54, 1.807) is 60.7 Å². The second kappa shape index (κ2) is 11.4. The Hall–Kier alpha value is -3.97. The van der Waals surface area contributed by atoms with Crippen LogP contribution in [0.5, 0.6) is 23.0 Å². The number of nitrogen functional groups attached to an aromatic ring is 2. The minimum Gasteiger partial charge on any atom is -0.457 e. The van der Waals surface area contributed by atoms with Crippen LogP contribution in [0, 0.1) is 0 Å². The van der Waals surface area contributed by atoms with Crippen molar-refractivity contribution < 1.29 is 17.9 Å². The normalized spacial score (nSPS) is 11.3. The molecule has 4 rings (SSSR count). The summed E-state index contributed by atoms with van der Waals surface area (Å²) in [5.74, 6) is 2.44. The third-order valence-electron chi connectivity index (χ3n) is 5.89. The van der Waals surface area contributed by atoms with Gasteiger partial charge < -0.3 is 20.9 Å². The first-order valence-electron chi connectivity index (χ1n) is 12.4. The van der Waals surface area contributed by atoms with Crippen LogP contribution in [0.2, 0.25) is 0 Å². The molecule has 7 heteroatoms. The Balaban J connectivity index is 1.67. The van der Waals surface area contributed by atoms with Gasteiger partial charge in [-0.15, -0.1) is 0 Å². The Labute approximate surface area is 218 Å². The molecule has 4 N–H and O–H groups in total. The van der Waals surface area contributed by atoms with Gasteiger partial charge in [-0.25, -0.2) is 8.42 Å². The maximum atomic E-state index is 13.7. The van der Waals surface area contributed by atoms with Crippen molar-refractivity contribution in [1.82, 2.24) is 0 Å². The first-order valence-corrected chi connectivity index (χ1v) is 13.9. The number of rotatable bonds is 10. The summed E-state index contributed by atoms with van der Waals surface area (Å²) in [7, 11) is -3.76. The Bertz CT molecular complexity index is 1390. The number of nitrogens with two attached hydrogens (primary N) is 2. The Kier molecular flexibility index (Phi) is 8.04. The van der Waals surface area contributed by atoms with Gasteiger partial charge in [-0.3, -0.25) is 0 Å². The molecule has 0 aliphatic carbocycles. The zero-order chi connectivity index (χ0) is 26.4. The molecule has 0 aliphatic rings.